The normalized spacial score (nSPS) is 23.0. The van der Waals surface area contributed by atoms with Gasteiger partial charge in [-0.05, 0) is 12.8 Å². The van der Waals surface area contributed by atoms with Gasteiger partial charge in [-0.15, -0.1) is 0 Å². The van der Waals surface area contributed by atoms with E-state index in [0.717, 1.165) is 0 Å². The Morgan fingerprint density at radius 3 is 1.80 bits per heavy atom. The lowest BCUT2D eigenvalue weighted by atomic mass is 9.85. The Morgan fingerprint density at radius 2 is 1.80 bits per heavy atom. The van der Waals surface area contributed by atoms with Crippen molar-refractivity contribution in [3.63, 3.8) is 0 Å². The largest absolute Gasteiger partial charge is 0.198 e. The number of hydrogen-bond acceptors (Lipinski definition) is 1. The molecule has 1 aliphatic carbocycles. The van der Waals surface area contributed by atoms with E-state index in [-0.39, 0.29) is 5.04 Å². The average molecular weight is 153 g/mol. The van der Waals surface area contributed by atoms with E-state index in [1.165, 1.54) is 19.3 Å². The molecule has 0 unspecified atom stereocenters. The molecule has 1 aliphatic rings. The van der Waals surface area contributed by atoms with Crippen LogP contribution in [-0.4, -0.2) is 8.07 Å². The van der Waals surface area contributed by atoms with Crippen LogP contribution in [0.4, 0.5) is 0 Å². The predicted octanol–water partition coefficient (Wildman–Crippen LogP) is 2.77. The highest BCUT2D eigenvalue weighted by Crippen LogP contribution is 2.54. The summed E-state index contributed by atoms with van der Waals surface area (Å²) in [4.78, 5) is 0. The molecule has 0 atom stereocenters. The summed E-state index contributed by atoms with van der Waals surface area (Å²) in [5.74, 6) is 0. The zero-order valence-corrected chi connectivity index (χ0v) is 8.07. The Hall–Kier alpha value is -0.293. The van der Waals surface area contributed by atoms with E-state index in [1.807, 2.05) is 0 Å². The topological polar surface area (TPSA) is 23.8 Å². The van der Waals surface area contributed by atoms with Crippen molar-refractivity contribution in [1.29, 1.82) is 5.26 Å². The lowest BCUT2D eigenvalue weighted by Crippen LogP contribution is -2.43. The molecule has 56 valence electrons. The molecule has 0 saturated heterocycles. The minimum absolute atomic E-state index is 0.146. The van der Waals surface area contributed by atoms with Gasteiger partial charge < -0.3 is 0 Å². The van der Waals surface area contributed by atoms with Gasteiger partial charge in [-0.2, -0.15) is 5.26 Å². The van der Waals surface area contributed by atoms with Gasteiger partial charge in [0, 0.05) is 5.04 Å². The summed E-state index contributed by atoms with van der Waals surface area (Å²) in [6, 6.07) is 2.52. The maximum atomic E-state index is 8.96. The van der Waals surface area contributed by atoms with E-state index < -0.39 is 8.07 Å². The maximum Gasteiger partial charge on any atom is 0.0679 e. The van der Waals surface area contributed by atoms with E-state index in [9.17, 15) is 0 Å². The first kappa shape index (κ1) is 7.81. The minimum Gasteiger partial charge on any atom is -0.198 e. The molecule has 1 saturated carbocycles. The van der Waals surface area contributed by atoms with Crippen LogP contribution >= 0.6 is 0 Å². The van der Waals surface area contributed by atoms with Crippen molar-refractivity contribution in [1.82, 2.24) is 0 Å². The molecule has 1 fully saturated rings. The molecule has 1 rings (SSSR count). The van der Waals surface area contributed by atoms with Crippen LogP contribution in [0.2, 0.25) is 24.7 Å². The molecule has 2 heteroatoms. The van der Waals surface area contributed by atoms with E-state index in [1.54, 1.807) is 0 Å². The fraction of sp³-hybridized carbons (Fsp3) is 0.875. The first-order valence-electron chi connectivity index (χ1n) is 3.93. The summed E-state index contributed by atoms with van der Waals surface area (Å²) in [5.41, 5.74) is 0. The van der Waals surface area contributed by atoms with Crippen molar-refractivity contribution >= 4 is 8.07 Å². The predicted molar refractivity (Wildman–Crippen MR) is 45.5 cm³/mol. The molecule has 0 bridgehead atoms. The highest BCUT2D eigenvalue weighted by Gasteiger charge is 2.48. The van der Waals surface area contributed by atoms with Crippen LogP contribution in [0.25, 0.3) is 0 Å². The van der Waals surface area contributed by atoms with Gasteiger partial charge in [0.05, 0.1) is 14.1 Å². The fourth-order valence-electron chi connectivity index (χ4n) is 1.56. The molecule has 0 spiro atoms. The van der Waals surface area contributed by atoms with Gasteiger partial charge in [-0.3, -0.25) is 0 Å². The Labute approximate surface area is 64.1 Å². The molecule has 0 heterocycles. The van der Waals surface area contributed by atoms with Crippen LogP contribution in [0, 0.1) is 11.3 Å². The second-order valence-electron chi connectivity index (χ2n) is 4.30. The number of rotatable bonds is 1. The van der Waals surface area contributed by atoms with Crippen LogP contribution in [-0.2, 0) is 0 Å². The summed E-state index contributed by atoms with van der Waals surface area (Å²) in [6.07, 6.45) is 3.61. The van der Waals surface area contributed by atoms with Gasteiger partial charge in [0.25, 0.3) is 0 Å². The molecule has 1 nitrogen and oxygen atoms in total. The molecule has 0 radical (unpaired) electrons. The molecule has 0 amide bonds. The first-order chi connectivity index (χ1) is 4.52. The number of nitriles is 1. The Bertz CT molecular complexity index is 169. The third-order valence-corrected chi connectivity index (χ3v) is 6.34. The molecule has 0 aliphatic heterocycles. The number of nitrogens with zero attached hydrogens (tertiary/aromatic N) is 1. The van der Waals surface area contributed by atoms with Crippen molar-refractivity contribution in [3.8, 4) is 6.07 Å². The van der Waals surface area contributed by atoms with E-state index in [2.05, 4.69) is 25.7 Å². The van der Waals surface area contributed by atoms with Crippen LogP contribution in [0.1, 0.15) is 19.3 Å². The van der Waals surface area contributed by atoms with Crippen molar-refractivity contribution in [3.05, 3.63) is 0 Å². The average Bonchev–Trinajstić information content (AvgIpc) is 1.58. The van der Waals surface area contributed by atoms with Gasteiger partial charge in [0.1, 0.15) is 0 Å². The third-order valence-electron chi connectivity index (χ3n) is 2.86. The highest BCUT2D eigenvalue weighted by atomic mass is 28.3. The molecule has 0 aromatic heterocycles. The van der Waals surface area contributed by atoms with Crippen molar-refractivity contribution in [2.45, 2.75) is 43.9 Å². The van der Waals surface area contributed by atoms with Gasteiger partial charge in [0.15, 0.2) is 0 Å². The molecular weight excluding hydrogens is 138 g/mol. The summed E-state index contributed by atoms with van der Waals surface area (Å²) in [7, 11) is -1.19. The summed E-state index contributed by atoms with van der Waals surface area (Å²) in [5, 5.41) is 9.10. The zero-order valence-electron chi connectivity index (χ0n) is 7.07. The van der Waals surface area contributed by atoms with Crippen molar-refractivity contribution in [2.75, 3.05) is 0 Å². The molecule has 0 N–H and O–H groups in total. The third kappa shape index (κ3) is 0.893. The van der Waals surface area contributed by atoms with Crippen molar-refractivity contribution < 1.29 is 0 Å². The maximum absolute atomic E-state index is 8.96. The molecule has 0 aromatic carbocycles. The smallest absolute Gasteiger partial charge is 0.0679 e. The van der Waals surface area contributed by atoms with Crippen molar-refractivity contribution in [2.24, 2.45) is 0 Å². The van der Waals surface area contributed by atoms with Crippen LogP contribution in [0.3, 0.4) is 0 Å². The fourth-order valence-corrected chi connectivity index (χ4v) is 3.75. The van der Waals surface area contributed by atoms with Gasteiger partial charge in [0.2, 0.25) is 0 Å². The lowest BCUT2D eigenvalue weighted by molar-refractivity contribution is 0.401. The SMILES string of the molecule is C[Si](C)(C)C1(C#N)CCC1. The van der Waals surface area contributed by atoms with E-state index in [0.29, 0.717) is 0 Å². The standard InChI is InChI=1S/C8H15NSi/c1-10(2,3)8(7-9)5-4-6-8/h4-6H2,1-3H3. The Kier molecular flexibility index (Phi) is 1.64. The van der Waals surface area contributed by atoms with Gasteiger partial charge >= 0.3 is 0 Å². The summed E-state index contributed by atoms with van der Waals surface area (Å²) < 4.78 is 0. The highest BCUT2D eigenvalue weighted by molar-refractivity contribution is 6.80. The minimum atomic E-state index is -1.19. The molecular formula is C8H15NSi. The van der Waals surface area contributed by atoms with E-state index in [4.69, 9.17) is 5.26 Å². The second kappa shape index (κ2) is 2.10. The molecule has 10 heavy (non-hydrogen) atoms. The Morgan fingerprint density at radius 1 is 1.30 bits per heavy atom. The monoisotopic (exact) mass is 153 g/mol. The Balaban J connectivity index is 2.77. The lowest BCUT2D eigenvalue weighted by Gasteiger charge is -2.44. The number of hydrogen-bond donors (Lipinski definition) is 0. The van der Waals surface area contributed by atoms with Gasteiger partial charge in [-0.1, -0.05) is 26.1 Å². The second-order valence-corrected chi connectivity index (χ2v) is 9.75. The summed E-state index contributed by atoms with van der Waals surface area (Å²) >= 11 is 0. The molecule has 0 aromatic rings. The zero-order chi connectivity index (χ0) is 7.83. The first-order valence-corrected chi connectivity index (χ1v) is 7.43. The van der Waals surface area contributed by atoms with E-state index >= 15 is 0 Å². The van der Waals surface area contributed by atoms with Crippen LogP contribution < -0.4 is 0 Å². The summed E-state index contributed by atoms with van der Waals surface area (Å²) in [6.45, 7) is 6.90. The van der Waals surface area contributed by atoms with Crippen LogP contribution in [0.15, 0.2) is 0 Å². The quantitative estimate of drug-likeness (QED) is 0.531. The van der Waals surface area contributed by atoms with Gasteiger partial charge in [-0.25, -0.2) is 0 Å². The van der Waals surface area contributed by atoms with Crippen LogP contribution in [0.5, 0.6) is 0 Å².